The van der Waals surface area contributed by atoms with Crippen molar-refractivity contribution in [3.05, 3.63) is 0 Å². The molecule has 7 heteroatoms. The average Bonchev–Trinajstić information content (AvgIpc) is 2.78. The van der Waals surface area contributed by atoms with Crippen molar-refractivity contribution in [1.82, 2.24) is 0 Å². The van der Waals surface area contributed by atoms with E-state index in [1.54, 1.807) is 0 Å². The topological polar surface area (TPSA) is 72.4 Å². The second-order valence-electron chi connectivity index (χ2n) is 10.1. The van der Waals surface area contributed by atoms with Gasteiger partial charge in [-0.05, 0) is 6.42 Å². The Morgan fingerprint density at radius 3 is 0.829 bits per heavy atom. The van der Waals surface area contributed by atoms with E-state index in [1.165, 1.54) is 148 Å². The van der Waals surface area contributed by atoms with Crippen LogP contribution in [-0.4, -0.2) is 6.61 Å². The van der Waals surface area contributed by atoms with E-state index in [4.69, 9.17) is 0 Å². The van der Waals surface area contributed by atoms with Crippen LogP contribution in [0.15, 0.2) is 0 Å². The third-order valence-electron chi connectivity index (χ3n) is 6.75. The van der Waals surface area contributed by atoms with Gasteiger partial charge in [-0.15, -0.1) is 0 Å². The average molecular weight is 503 g/mol. The van der Waals surface area contributed by atoms with E-state index in [2.05, 4.69) is 11.4 Å². The Bertz CT molecular complexity index is 422. The normalized spacial score (nSPS) is 11.3. The fraction of sp³-hybridized carbons (Fsp3) is 1.00. The number of rotatable bonds is 28. The molecule has 0 saturated carbocycles. The number of phosphoric ester groups is 1. The largest absolute Gasteiger partial charge is 1.00 e. The van der Waals surface area contributed by atoms with E-state index < -0.39 is 7.82 Å². The van der Waals surface area contributed by atoms with E-state index >= 15 is 0 Å². The van der Waals surface area contributed by atoms with Gasteiger partial charge in [-0.1, -0.05) is 167 Å². The predicted octanol–water partition coefficient (Wildman–Crippen LogP) is 3.00. The van der Waals surface area contributed by atoms with Crippen molar-refractivity contribution >= 4 is 7.82 Å². The van der Waals surface area contributed by atoms with Crippen LogP contribution in [0, 0.1) is 0 Å². The van der Waals surface area contributed by atoms with Gasteiger partial charge in [0.05, 0.1) is 14.4 Å². The molecule has 0 aromatic rings. The zero-order chi connectivity index (χ0) is 24.3. The molecule has 0 N–H and O–H groups in total. The fourth-order valence-corrected chi connectivity index (χ4v) is 4.95. The van der Waals surface area contributed by atoms with E-state index in [-0.39, 0.29) is 44.3 Å². The van der Waals surface area contributed by atoms with Crippen LogP contribution < -0.4 is 47.5 Å². The summed E-state index contributed by atoms with van der Waals surface area (Å²) in [6.45, 7) is 2.33. The molecule has 0 bridgehead atoms. The summed E-state index contributed by atoms with van der Waals surface area (Å²) in [7, 11) is -4.77. The Balaban J connectivity index is -0.00000512. The zero-order valence-corrected chi connectivity index (χ0v) is 25.1. The molecular formula is C28H57Li2O4P. The fourth-order valence-electron chi connectivity index (χ4n) is 4.59. The molecule has 0 heterocycles. The van der Waals surface area contributed by atoms with Gasteiger partial charge >= 0.3 is 37.7 Å². The van der Waals surface area contributed by atoms with Crippen molar-refractivity contribution in [3.63, 3.8) is 0 Å². The molecule has 0 atom stereocenters. The van der Waals surface area contributed by atoms with Crippen molar-refractivity contribution in [2.24, 2.45) is 0 Å². The van der Waals surface area contributed by atoms with Crippen LogP contribution in [0.4, 0.5) is 0 Å². The SMILES string of the molecule is CCCCCCCCCCCCCCCCCCCCCCCCCCCCOP(=O)([O-])[O-].[Li+].[Li+]. The van der Waals surface area contributed by atoms with Crippen molar-refractivity contribution in [2.45, 2.75) is 174 Å². The van der Waals surface area contributed by atoms with Crippen molar-refractivity contribution in [3.8, 4) is 0 Å². The molecule has 0 aromatic carbocycles. The first kappa shape index (κ1) is 40.8. The van der Waals surface area contributed by atoms with E-state index in [9.17, 15) is 14.4 Å². The third kappa shape index (κ3) is 40.0. The van der Waals surface area contributed by atoms with Gasteiger partial charge in [0.1, 0.15) is 0 Å². The van der Waals surface area contributed by atoms with Crippen LogP contribution >= 0.6 is 7.82 Å². The van der Waals surface area contributed by atoms with Gasteiger partial charge in [0.25, 0.3) is 0 Å². The maximum Gasteiger partial charge on any atom is 1.00 e. The van der Waals surface area contributed by atoms with E-state index in [0.717, 1.165) is 12.8 Å². The van der Waals surface area contributed by atoms with Crippen LogP contribution in [0.1, 0.15) is 174 Å². The summed E-state index contributed by atoms with van der Waals surface area (Å²) in [6.07, 6.45) is 35.0. The molecule has 0 aromatic heterocycles. The summed E-state index contributed by atoms with van der Waals surface area (Å²) in [5.74, 6) is 0. The first-order valence-corrected chi connectivity index (χ1v) is 16.2. The van der Waals surface area contributed by atoms with Gasteiger partial charge in [0.2, 0.25) is 0 Å². The van der Waals surface area contributed by atoms with Crippen molar-refractivity contribution in [2.75, 3.05) is 6.61 Å². The zero-order valence-electron chi connectivity index (χ0n) is 24.2. The first-order valence-electron chi connectivity index (χ1n) is 14.7. The minimum absolute atomic E-state index is 0. The van der Waals surface area contributed by atoms with Gasteiger partial charge in [-0.3, -0.25) is 0 Å². The number of hydrogen-bond donors (Lipinski definition) is 0. The van der Waals surface area contributed by atoms with Gasteiger partial charge in [0, 0.05) is 0 Å². The molecule has 0 fully saturated rings. The molecule has 200 valence electrons. The summed E-state index contributed by atoms with van der Waals surface area (Å²) in [5, 5.41) is 0. The van der Waals surface area contributed by atoms with Gasteiger partial charge in [-0.25, -0.2) is 0 Å². The van der Waals surface area contributed by atoms with Crippen LogP contribution in [0.25, 0.3) is 0 Å². The Hall–Kier alpha value is 1.30. The maximum absolute atomic E-state index is 10.3. The summed E-state index contributed by atoms with van der Waals surface area (Å²) in [5.41, 5.74) is 0. The third-order valence-corrected chi connectivity index (χ3v) is 7.25. The van der Waals surface area contributed by atoms with E-state index in [1.807, 2.05) is 0 Å². The van der Waals surface area contributed by atoms with Crippen LogP contribution in [0.5, 0.6) is 0 Å². The maximum atomic E-state index is 10.3. The Labute approximate surface area is 243 Å². The Morgan fingerprint density at radius 2 is 0.629 bits per heavy atom. The molecule has 0 amide bonds. The smallest absolute Gasteiger partial charge is 0.790 e. The molecule has 0 unspecified atom stereocenters. The molecule has 0 aliphatic carbocycles. The molecule has 35 heavy (non-hydrogen) atoms. The predicted molar refractivity (Wildman–Crippen MR) is 139 cm³/mol. The number of unbranched alkanes of at least 4 members (excludes halogenated alkanes) is 25. The second kappa shape index (κ2) is 33.3. The van der Waals surface area contributed by atoms with Gasteiger partial charge < -0.3 is 18.9 Å². The summed E-state index contributed by atoms with van der Waals surface area (Å²) in [4.78, 5) is 20.6. The van der Waals surface area contributed by atoms with Crippen LogP contribution in [-0.2, 0) is 9.09 Å². The molecule has 0 spiro atoms. The van der Waals surface area contributed by atoms with Crippen LogP contribution in [0.2, 0.25) is 0 Å². The molecule has 0 aliphatic rings. The summed E-state index contributed by atoms with van der Waals surface area (Å²) in [6, 6.07) is 0. The minimum Gasteiger partial charge on any atom is -0.790 e. The molecule has 0 saturated heterocycles. The molecule has 0 rings (SSSR count). The quantitative estimate of drug-likeness (QED) is 0.0937. The Morgan fingerprint density at radius 1 is 0.429 bits per heavy atom. The van der Waals surface area contributed by atoms with Crippen molar-refractivity contribution < 1.29 is 56.6 Å². The molecule has 4 nitrogen and oxygen atoms in total. The first-order chi connectivity index (χ1) is 16.1. The number of phosphoric acid groups is 1. The monoisotopic (exact) mass is 502 g/mol. The Kier molecular flexibility index (Phi) is 38.9. The molecule has 0 aliphatic heterocycles. The molecular weight excluding hydrogens is 445 g/mol. The summed E-state index contributed by atoms with van der Waals surface area (Å²) >= 11 is 0. The van der Waals surface area contributed by atoms with Gasteiger partial charge in [0.15, 0.2) is 0 Å². The summed E-state index contributed by atoms with van der Waals surface area (Å²) < 4.78 is 14.6. The molecule has 0 radical (unpaired) electrons. The minimum atomic E-state index is -4.77. The van der Waals surface area contributed by atoms with Crippen LogP contribution in [0.3, 0.4) is 0 Å². The second-order valence-corrected chi connectivity index (χ2v) is 11.3. The van der Waals surface area contributed by atoms with Gasteiger partial charge in [-0.2, -0.15) is 0 Å². The number of hydrogen-bond acceptors (Lipinski definition) is 4. The standard InChI is InChI=1S/C28H59O4P.2Li/c1-2-3-4-5-6-7-8-9-10-11-12-13-14-15-16-17-18-19-20-21-22-23-24-25-26-27-28-32-33(29,30)31;;/h2-28H2,1H3,(H2,29,30,31);;/q;2*+1/p-2. The van der Waals surface area contributed by atoms with Crippen molar-refractivity contribution in [1.29, 1.82) is 0 Å². The van der Waals surface area contributed by atoms with E-state index in [0.29, 0.717) is 6.42 Å².